The molecule has 0 aliphatic rings. The lowest BCUT2D eigenvalue weighted by Crippen LogP contribution is -2.14. The van der Waals surface area contributed by atoms with E-state index in [0.717, 1.165) is 16.7 Å². The molecule has 4 heteroatoms. The van der Waals surface area contributed by atoms with Crippen LogP contribution in [0.3, 0.4) is 0 Å². The molecule has 0 saturated carbocycles. The van der Waals surface area contributed by atoms with E-state index in [1.807, 2.05) is 36.4 Å². The summed E-state index contributed by atoms with van der Waals surface area (Å²) in [7, 11) is 0. The number of fused-ring (bicyclic) bond motifs is 1. The number of nitrogens with two attached hydrogens (primary N) is 1. The van der Waals surface area contributed by atoms with E-state index in [4.69, 9.17) is 5.73 Å². The summed E-state index contributed by atoms with van der Waals surface area (Å²) in [4.78, 5) is 14.7. The molecule has 4 nitrogen and oxygen atoms in total. The van der Waals surface area contributed by atoms with Crippen LogP contribution in [-0.4, -0.2) is 9.55 Å². The first-order valence-electron chi connectivity index (χ1n) is 5.31. The zero-order valence-electron chi connectivity index (χ0n) is 9.05. The Morgan fingerprint density at radius 1 is 1.06 bits per heavy atom. The maximum absolute atomic E-state index is 11.9. The molecular weight excluding hydrogens is 214 g/mol. The Labute approximate surface area is 97.3 Å². The van der Waals surface area contributed by atoms with Crippen LogP contribution in [-0.2, 0) is 0 Å². The number of nitrogen functional groups attached to an aromatic ring is 1. The van der Waals surface area contributed by atoms with E-state index >= 15 is 0 Å². The summed E-state index contributed by atoms with van der Waals surface area (Å²) in [6, 6.07) is 14.9. The molecule has 1 heterocycles. The molecule has 0 unspecified atom stereocenters. The molecule has 3 aromatic rings. The van der Waals surface area contributed by atoms with Gasteiger partial charge in [0.1, 0.15) is 0 Å². The Morgan fingerprint density at radius 3 is 2.59 bits per heavy atom. The Morgan fingerprint density at radius 2 is 1.82 bits per heavy atom. The molecule has 0 aliphatic heterocycles. The number of anilines is 1. The highest BCUT2D eigenvalue weighted by atomic mass is 16.1. The number of hydrogen-bond acceptors (Lipinski definition) is 2. The lowest BCUT2D eigenvalue weighted by atomic mass is 10.2. The minimum atomic E-state index is -0.156. The molecule has 0 saturated heterocycles. The zero-order valence-corrected chi connectivity index (χ0v) is 9.05. The lowest BCUT2D eigenvalue weighted by molar-refractivity contribution is 1.02. The molecule has 0 amide bonds. The maximum Gasteiger partial charge on any atom is 0.331 e. The summed E-state index contributed by atoms with van der Waals surface area (Å²) < 4.78 is 1.63. The van der Waals surface area contributed by atoms with Crippen molar-refractivity contribution in [2.45, 2.75) is 0 Å². The number of hydrogen-bond donors (Lipinski definition) is 2. The van der Waals surface area contributed by atoms with Crippen LogP contribution < -0.4 is 11.4 Å². The predicted molar refractivity (Wildman–Crippen MR) is 68.3 cm³/mol. The topological polar surface area (TPSA) is 63.8 Å². The largest absolute Gasteiger partial charge is 0.399 e. The standard InChI is InChI=1S/C13H11N3O/c14-9-6-7-12-11(8-9)15-13(17)16(12)10-4-2-1-3-5-10/h1-8H,14H2,(H,15,17). The van der Waals surface area contributed by atoms with Crippen molar-refractivity contribution >= 4 is 16.7 Å². The maximum atomic E-state index is 11.9. The number of nitrogens with one attached hydrogen (secondary N) is 1. The van der Waals surface area contributed by atoms with Gasteiger partial charge in [0.05, 0.1) is 16.7 Å². The van der Waals surface area contributed by atoms with Gasteiger partial charge < -0.3 is 10.7 Å². The molecular formula is C13H11N3O. The third kappa shape index (κ3) is 1.50. The number of nitrogens with zero attached hydrogens (tertiary/aromatic N) is 1. The van der Waals surface area contributed by atoms with Crippen molar-refractivity contribution in [3.63, 3.8) is 0 Å². The van der Waals surface area contributed by atoms with Gasteiger partial charge in [0.2, 0.25) is 0 Å². The molecule has 84 valence electrons. The van der Waals surface area contributed by atoms with Gasteiger partial charge in [-0.15, -0.1) is 0 Å². The van der Waals surface area contributed by atoms with Gasteiger partial charge in [0.15, 0.2) is 0 Å². The highest BCUT2D eigenvalue weighted by Gasteiger charge is 2.07. The smallest absolute Gasteiger partial charge is 0.331 e. The first-order chi connectivity index (χ1) is 8.25. The van der Waals surface area contributed by atoms with Gasteiger partial charge >= 0.3 is 5.69 Å². The fraction of sp³-hybridized carbons (Fsp3) is 0. The first-order valence-corrected chi connectivity index (χ1v) is 5.31. The van der Waals surface area contributed by atoms with E-state index in [1.165, 1.54) is 0 Å². The van der Waals surface area contributed by atoms with Gasteiger partial charge in [-0.1, -0.05) is 18.2 Å². The van der Waals surface area contributed by atoms with Crippen molar-refractivity contribution in [3.8, 4) is 5.69 Å². The minimum Gasteiger partial charge on any atom is -0.399 e. The second-order valence-electron chi connectivity index (χ2n) is 3.88. The molecule has 2 aromatic carbocycles. The van der Waals surface area contributed by atoms with Crippen LogP contribution >= 0.6 is 0 Å². The summed E-state index contributed by atoms with van der Waals surface area (Å²) in [5, 5.41) is 0. The van der Waals surface area contributed by atoms with Crippen molar-refractivity contribution in [1.29, 1.82) is 0 Å². The monoisotopic (exact) mass is 225 g/mol. The number of rotatable bonds is 1. The Balaban J connectivity index is 2.37. The number of aromatic amines is 1. The van der Waals surface area contributed by atoms with E-state index in [1.54, 1.807) is 16.7 Å². The average molecular weight is 225 g/mol. The summed E-state index contributed by atoms with van der Waals surface area (Å²) in [5.41, 5.74) is 8.59. The third-order valence-corrected chi connectivity index (χ3v) is 2.72. The molecule has 1 aromatic heterocycles. The molecule has 0 aliphatic carbocycles. The zero-order chi connectivity index (χ0) is 11.8. The van der Waals surface area contributed by atoms with Crippen molar-refractivity contribution in [3.05, 3.63) is 59.0 Å². The predicted octanol–water partition coefficient (Wildman–Crippen LogP) is 1.90. The van der Waals surface area contributed by atoms with E-state index in [-0.39, 0.29) is 5.69 Å². The van der Waals surface area contributed by atoms with E-state index in [9.17, 15) is 4.79 Å². The van der Waals surface area contributed by atoms with Crippen molar-refractivity contribution in [2.75, 3.05) is 5.73 Å². The normalized spacial score (nSPS) is 10.8. The van der Waals surface area contributed by atoms with Gasteiger partial charge in [0.25, 0.3) is 0 Å². The first kappa shape index (κ1) is 9.72. The second kappa shape index (κ2) is 3.52. The fourth-order valence-corrected chi connectivity index (χ4v) is 1.96. The molecule has 0 radical (unpaired) electrons. The third-order valence-electron chi connectivity index (χ3n) is 2.72. The van der Waals surface area contributed by atoms with Crippen LogP contribution in [0, 0.1) is 0 Å². The van der Waals surface area contributed by atoms with Gasteiger partial charge in [-0.05, 0) is 30.3 Å². The Bertz CT molecular complexity index is 725. The van der Waals surface area contributed by atoms with Gasteiger partial charge in [-0.3, -0.25) is 4.57 Å². The highest BCUT2D eigenvalue weighted by molar-refractivity contribution is 5.80. The minimum absolute atomic E-state index is 0.156. The molecule has 0 atom stereocenters. The number of para-hydroxylation sites is 1. The summed E-state index contributed by atoms with van der Waals surface area (Å²) >= 11 is 0. The van der Waals surface area contributed by atoms with E-state index in [2.05, 4.69) is 4.98 Å². The molecule has 3 rings (SSSR count). The van der Waals surface area contributed by atoms with Crippen LogP contribution in [0.2, 0.25) is 0 Å². The van der Waals surface area contributed by atoms with Crippen LogP contribution in [0.4, 0.5) is 5.69 Å². The van der Waals surface area contributed by atoms with Gasteiger partial charge in [-0.25, -0.2) is 4.79 Å². The number of H-pyrrole nitrogens is 1. The van der Waals surface area contributed by atoms with Gasteiger partial charge in [-0.2, -0.15) is 0 Å². The molecule has 0 fully saturated rings. The van der Waals surface area contributed by atoms with E-state index in [0.29, 0.717) is 5.69 Å². The molecule has 3 N–H and O–H groups in total. The highest BCUT2D eigenvalue weighted by Crippen LogP contribution is 2.17. The number of aromatic nitrogens is 2. The summed E-state index contributed by atoms with van der Waals surface area (Å²) in [6.07, 6.45) is 0. The van der Waals surface area contributed by atoms with Crippen LogP contribution in [0.1, 0.15) is 0 Å². The summed E-state index contributed by atoms with van der Waals surface area (Å²) in [5.74, 6) is 0. The molecule has 17 heavy (non-hydrogen) atoms. The van der Waals surface area contributed by atoms with Crippen molar-refractivity contribution in [2.24, 2.45) is 0 Å². The average Bonchev–Trinajstić information content (AvgIpc) is 2.65. The Hall–Kier alpha value is -2.49. The van der Waals surface area contributed by atoms with Crippen LogP contribution in [0.5, 0.6) is 0 Å². The van der Waals surface area contributed by atoms with Crippen molar-refractivity contribution < 1.29 is 0 Å². The van der Waals surface area contributed by atoms with Crippen molar-refractivity contribution in [1.82, 2.24) is 9.55 Å². The van der Waals surface area contributed by atoms with Crippen LogP contribution in [0.25, 0.3) is 16.7 Å². The molecule has 0 bridgehead atoms. The fourth-order valence-electron chi connectivity index (χ4n) is 1.96. The van der Waals surface area contributed by atoms with Gasteiger partial charge in [0, 0.05) is 5.69 Å². The second-order valence-corrected chi connectivity index (χ2v) is 3.88. The SMILES string of the molecule is Nc1ccc2c(c1)[nH]c(=O)n2-c1ccccc1. The lowest BCUT2D eigenvalue weighted by Gasteiger charge is -2.02. The van der Waals surface area contributed by atoms with Crippen LogP contribution in [0.15, 0.2) is 53.3 Å². The Kier molecular flexibility index (Phi) is 2.01. The number of benzene rings is 2. The summed E-state index contributed by atoms with van der Waals surface area (Å²) in [6.45, 7) is 0. The molecule has 0 spiro atoms. The quantitative estimate of drug-likeness (QED) is 0.621. The van der Waals surface area contributed by atoms with E-state index < -0.39 is 0 Å². The number of imidazole rings is 1.